The first-order valence-electron chi connectivity index (χ1n) is 18.0. The number of rotatable bonds is 31. The fourth-order valence-electron chi connectivity index (χ4n) is 5.53. The standard InChI is InChI=1S/C35H76O2Si2/c1-8-9-10-11-12-13-14-15-16-17-18-19-20-21-22-23-24-25-26-27-28-29-30-31-32-33-35(37-39(5,6)7)34-36-38(2,3)4/h35H,8-34H2,1-7H3. The van der Waals surface area contributed by atoms with Crippen LogP contribution in [0, 0.1) is 0 Å². The molecule has 0 aliphatic carbocycles. The fourth-order valence-corrected chi connectivity index (χ4v) is 7.40. The second-order valence-electron chi connectivity index (χ2n) is 14.5. The summed E-state index contributed by atoms with van der Waals surface area (Å²) in [7, 11) is -2.96. The summed E-state index contributed by atoms with van der Waals surface area (Å²) in [6, 6.07) is 0. The molecular formula is C35H76O2Si2. The van der Waals surface area contributed by atoms with Crippen LogP contribution in [0.25, 0.3) is 0 Å². The summed E-state index contributed by atoms with van der Waals surface area (Å²) < 4.78 is 12.6. The third-order valence-electron chi connectivity index (χ3n) is 7.85. The van der Waals surface area contributed by atoms with E-state index in [0.29, 0.717) is 6.10 Å². The van der Waals surface area contributed by atoms with E-state index in [2.05, 4.69) is 46.2 Å². The van der Waals surface area contributed by atoms with Gasteiger partial charge < -0.3 is 8.85 Å². The van der Waals surface area contributed by atoms with Crippen molar-refractivity contribution in [2.75, 3.05) is 6.61 Å². The summed E-state index contributed by atoms with van der Waals surface area (Å²) in [6.45, 7) is 16.8. The lowest BCUT2D eigenvalue weighted by molar-refractivity contribution is 0.109. The molecule has 0 rings (SSSR count). The monoisotopic (exact) mass is 585 g/mol. The zero-order valence-corrected chi connectivity index (χ0v) is 30.5. The second-order valence-corrected chi connectivity index (χ2v) is 23.5. The highest BCUT2D eigenvalue weighted by atomic mass is 28.4. The lowest BCUT2D eigenvalue weighted by atomic mass is 10.0. The lowest BCUT2D eigenvalue weighted by Gasteiger charge is -2.29. The topological polar surface area (TPSA) is 18.5 Å². The van der Waals surface area contributed by atoms with Gasteiger partial charge in [-0.2, -0.15) is 0 Å². The SMILES string of the molecule is CCCCCCCCCCCCCCCCCCCCCCCCCCCC(CO[Si](C)(C)C)O[Si](C)(C)C. The van der Waals surface area contributed by atoms with Crippen molar-refractivity contribution in [2.45, 2.75) is 219 Å². The zero-order chi connectivity index (χ0) is 29.1. The molecule has 0 aromatic carbocycles. The van der Waals surface area contributed by atoms with Gasteiger partial charge in [0.05, 0.1) is 12.7 Å². The maximum absolute atomic E-state index is 6.42. The molecule has 4 heteroatoms. The maximum atomic E-state index is 6.42. The van der Waals surface area contributed by atoms with Crippen molar-refractivity contribution in [3.8, 4) is 0 Å². The first-order chi connectivity index (χ1) is 18.6. The molecule has 39 heavy (non-hydrogen) atoms. The van der Waals surface area contributed by atoms with Crippen molar-refractivity contribution in [2.24, 2.45) is 0 Å². The molecule has 1 unspecified atom stereocenters. The van der Waals surface area contributed by atoms with Gasteiger partial charge in [0.2, 0.25) is 0 Å². The van der Waals surface area contributed by atoms with Crippen LogP contribution in [0.3, 0.4) is 0 Å². The molecule has 0 fully saturated rings. The first kappa shape index (κ1) is 39.4. The van der Waals surface area contributed by atoms with E-state index in [0.717, 1.165) is 6.61 Å². The van der Waals surface area contributed by atoms with E-state index in [1.54, 1.807) is 0 Å². The van der Waals surface area contributed by atoms with Crippen LogP contribution >= 0.6 is 0 Å². The van der Waals surface area contributed by atoms with Gasteiger partial charge in [-0.05, 0) is 45.7 Å². The molecule has 0 amide bonds. The van der Waals surface area contributed by atoms with E-state index in [1.807, 2.05) is 0 Å². The van der Waals surface area contributed by atoms with Gasteiger partial charge in [0.1, 0.15) is 0 Å². The molecular weight excluding hydrogens is 509 g/mol. The van der Waals surface area contributed by atoms with Crippen molar-refractivity contribution in [1.29, 1.82) is 0 Å². The summed E-state index contributed by atoms with van der Waals surface area (Å²) in [5, 5.41) is 0. The Labute approximate surface area is 250 Å². The van der Waals surface area contributed by atoms with Crippen molar-refractivity contribution >= 4 is 16.6 Å². The smallest absolute Gasteiger partial charge is 0.184 e. The van der Waals surface area contributed by atoms with Gasteiger partial charge in [-0.3, -0.25) is 0 Å². The Bertz CT molecular complexity index is 484. The Morgan fingerprint density at radius 1 is 0.385 bits per heavy atom. The molecule has 0 heterocycles. The lowest BCUT2D eigenvalue weighted by Crippen LogP contribution is -2.38. The predicted octanol–water partition coefficient (Wildman–Crippen LogP) is 13.2. The van der Waals surface area contributed by atoms with Gasteiger partial charge in [0.15, 0.2) is 16.6 Å². The maximum Gasteiger partial charge on any atom is 0.184 e. The van der Waals surface area contributed by atoms with Gasteiger partial charge in [0, 0.05) is 0 Å². The van der Waals surface area contributed by atoms with E-state index < -0.39 is 16.6 Å². The minimum atomic E-state index is -1.50. The Morgan fingerprint density at radius 3 is 0.923 bits per heavy atom. The molecule has 0 aliphatic rings. The molecule has 0 saturated carbocycles. The minimum absolute atomic E-state index is 0.313. The summed E-state index contributed by atoms with van der Waals surface area (Å²) >= 11 is 0. The van der Waals surface area contributed by atoms with E-state index >= 15 is 0 Å². The van der Waals surface area contributed by atoms with Crippen molar-refractivity contribution in [3.05, 3.63) is 0 Å². The normalized spacial score (nSPS) is 13.3. The van der Waals surface area contributed by atoms with E-state index in [1.165, 1.54) is 167 Å². The molecule has 0 aromatic rings. The largest absolute Gasteiger partial charge is 0.415 e. The predicted molar refractivity (Wildman–Crippen MR) is 183 cm³/mol. The third kappa shape index (κ3) is 34.5. The molecule has 0 saturated heterocycles. The van der Waals surface area contributed by atoms with Crippen LogP contribution in [0.15, 0.2) is 0 Å². The molecule has 1 atom stereocenters. The Morgan fingerprint density at radius 2 is 0.667 bits per heavy atom. The van der Waals surface area contributed by atoms with Crippen LogP contribution in [0.1, 0.15) is 174 Å². The second kappa shape index (κ2) is 27.2. The minimum Gasteiger partial charge on any atom is -0.415 e. The van der Waals surface area contributed by atoms with Crippen molar-refractivity contribution in [3.63, 3.8) is 0 Å². The van der Waals surface area contributed by atoms with Gasteiger partial charge in [-0.15, -0.1) is 0 Å². The zero-order valence-electron chi connectivity index (χ0n) is 28.5. The van der Waals surface area contributed by atoms with Gasteiger partial charge >= 0.3 is 0 Å². The van der Waals surface area contributed by atoms with Crippen LogP contribution in [0.4, 0.5) is 0 Å². The number of hydrogen-bond acceptors (Lipinski definition) is 2. The molecule has 0 N–H and O–H groups in total. The van der Waals surface area contributed by atoms with E-state index in [9.17, 15) is 0 Å². The van der Waals surface area contributed by atoms with Crippen molar-refractivity contribution < 1.29 is 8.85 Å². The van der Waals surface area contributed by atoms with Crippen LogP contribution in [-0.4, -0.2) is 29.3 Å². The number of unbranched alkanes of at least 4 members (excludes halogenated alkanes) is 24. The Kier molecular flexibility index (Phi) is 27.4. The fraction of sp³-hybridized carbons (Fsp3) is 1.00. The van der Waals surface area contributed by atoms with Gasteiger partial charge in [0.25, 0.3) is 0 Å². The van der Waals surface area contributed by atoms with Crippen LogP contribution < -0.4 is 0 Å². The molecule has 0 aromatic heterocycles. The summed E-state index contributed by atoms with van der Waals surface area (Å²) in [5.74, 6) is 0. The van der Waals surface area contributed by atoms with Gasteiger partial charge in [-0.1, -0.05) is 167 Å². The average molecular weight is 585 g/mol. The highest BCUT2D eigenvalue weighted by Crippen LogP contribution is 2.18. The highest BCUT2D eigenvalue weighted by Gasteiger charge is 2.23. The first-order valence-corrected chi connectivity index (χ1v) is 24.8. The van der Waals surface area contributed by atoms with Gasteiger partial charge in [-0.25, -0.2) is 0 Å². The summed E-state index contributed by atoms with van der Waals surface area (Å²) in [5.41, 5.74) is 0. The molecule has 0 spiro atoms. The molecule has 0 radical (unpaired) electrons. The third-order valence-corrected chi connectivity index (χ3v) is 9.93. The van der Waals surface area contributed by atoms with E-state index in [4.69, 9.17) is 8.85 Å². The molecule has 0 aliphatic heterocycles. The Hall–Kier alpha value is 0.354. The van der Waals surface area contributed by atoms with Crippen molar-refractivity contribution in [1.82, 2.24) is 0 Å². The number of hydrogen-bond donors (Lipinski definition) is 0. The quantitative estimate of drug-likeness (QED) is 0.0596. The van der Waals surface area contributed by atoms with Crippen LogP contribution in [-0.2, 0) is 8.85 Å². The molecule has 0 bridgehead atoms. The summed E-state index contributed by atoms with van der Waals surface area (Å²) in [4.78, 5) is 0. The Balaban J connectivity index is 3.35. The average Bonchev–Trinajstić information content (AvgIpc) is 2.86. The summed E-state index contributed by atoms with van der Waals surface area (Å²) in [6.07, 6.45) is 37.7. The van der Waals surface area contributed by atoms with Crippen LogP contribution in [0.2, 0.25) is 39.3 Å². The molecule has 2 nitrogen and oxygen atoms in total. The molecule has 236 valence electrons. The highest BCUT2D eigenvalue weighted by molar-refractivity contribution is 6.70. The van der Waals surface area contributed by atoms with E-state index in [-0.39, 0.29) is 0 Å². The van der Waals surface area contributed by atoms with Crippen LogP contribution in [0.5, 0.6) is 0 Å².